The van der Waals surface area contributed by atoms with Gasteiger partial charge in [0, 0.05) is 16.8 Å². The number of nitrogens with zero attached hydrogens (tertiary/aromatic N) is 2. The summed E-state index contributed by atoms with van der Waals surface area (Å²) in [5.74, 6) is 0. The Kier molecular flexibility index (Phi) is 2.45. The Morgan fingerprint density at radius 1 is 1.73 bits per heavy atom. The second-order valence-electron chi connectivity index (χ2n) is 2.09. The third kappa shape index (κ3) is 1.50. The predicted molar refractivity (Wildman–Crippen MR) is 43.3 cm³/mol. The number of halogens is 1. The van der Waals surface area contributed by atoms with E-state index in [4.69, 9.17) is 16.9 Å². The van der Waals surface area contributed by atoms with Gasteiger partial charge in [-0.25, -0.2) is 4.98 Å². The number of aromatic nitrogens is 1. The lowest BCUT2D eigenvalue weighted by atomic mass is 10.1. The SMILES string of the molecule is CCc1c(Cl)ccnc1C#N. The number of hydrogen-bond acceptors (Lipinski definition) is 2. The summed E-state index contributed by atoms with van der Waals surface area (Å²) in [4.78, 5) is 3.88. The molecule has 56 valence electrons. The van der Waals surface area contributed by atoms with E-state index in [1.165, 1.54) is 0 Å². The van der Waals surface area contributed by atoms with Gasteiger partial charge >= 0.3 is 0 Å². The van der Waals surface area contributed by atoms with Gasteiger partial charge in [0.1, 0.15) is 11.8 Å². The van der Waals surface area contributed by atoms with Gasteiger partial charge in [0.25, 0.3) is 0 Å². The van der Waals surface area contributed by atoms with Gasteiger partial charge in [-0.05, 0) is 12.5 Å². The molecular formula is C8H7ClN2. The molecule has 0 radical (unpaired) electrons. The molecule has 1 aromatic rings. The zero-order chi connectivity index (χ0) is 8.27. The van der Waals surface area contributed by atoms with Crippen LogP contribution in [-0.2, 0) is 6.42 Å². The molecule has 0 amide bonds. The maximum Gasteiger partial charge on any atom is 0.145 e. The Hall–Kier alpha value is -1.07. The third-order valence-electron chi connectivity index (χ3n) is 1.46. The number of nitriles is 1. The Bertz CT molecular complexity index is 301. The third-order valence-corrected chi connectivity index (χ3v) is 1.81. The summed E-state index contributed by atoms with van der Waals surface area (Å²) in [6.07, 6.45) is 2.29. The second kappa shape index (κ2) is 3.36. The highest BCUT2D eigenvalue weighted by molar-refractivity contribution is 6.31. The van der Waals surface area contributed by atoms with Crippen molar-refractivity contribution in [2.75, 3.05) is 0 Å². The van der Waals surface area contributed by atoms with Crippen molar-refractivity contribution in [2.24, 2.45) is 0 Å². The molecule has 0 saturated carbocycles. The number of hydrogen-bond donors (Lipinski definition) is 0. The minimum Gasteiger partial charge on any atom is -0.245 e. The van der Waals surface area contributed by atoms with Crippen molar-refractivity contribution >= 4 is 11.6 Å². The van der Waals surface area contributed by atoms with E-state index in [0.717, 1.165) is 12.0 Å². The molecule has 0 bridgehead atoms. The monoisotopic (exact) mass is 166 g/mol. The highest BCUT2D eigenvalue weighted by atomic mass is 35.5. The lowest BCUT2D eigenvalue weighted by Crippen LogP contribution is -1.91. The zero-order valence-electron chi connectivity index (χ0n) is 6.13. The number of pyridine rings is 1. The largest absolute Gasteiger partial charge is 0.245 e. The topological polar surface area (TPSA) is 36.7 Å². The summed E-state index contributed by atoms with van der Waals surface area (Å²) < 4.78 is 0. The lowest BCUT2D eigenvalue weighted by Gasteiger charge is -1.99. The summed E-state index contributed by atoms with van der Waals surface area (Å²) in [6, 6.07) is 3.69. The van der Waals surface area contributed by atoms with E-state index < -0.39 is 0 Å². The molecule has 0 unspecified atom stereocenters. The van der Waals surface area contributed by atoms with Crippen molar-refractivity contribution in [1.29, 1.82) is 5.26 Å². The highest BCUT2D eigenvalue weighted by Gasteiger charge is 2.04. The maximum absolute atomic E-state index is 8.60. The van der Waals surface area contributed by atoms with Crippen LogP contribution < -0.4 is 0 Å². The predicted octanol–water partition coefficient (Wildman–Crippen LogP) is 2.17. The molecule has 0 N–H and O–H groups in total. The molecule has 0 aliphatic heterocycles. The quantitative estimate of drug-likeness (QED) is 0.641. The minimum absolute atomic E-state index is 0.431. The molecule has 0 fully saturated rings. The van der Waals surface area contributed by atoms with Gasteiger partial charge in [-0.1, -0.05) is 18.5 Å². The molecule has 1 rings (SSSR count). The van der Waals surface area contributed by atoms with Crippen LogP contribution in [0.4, 0.5) is 0 Å². The molecule has 0 aromatic carbocycles. The molecule has 0 spiro atoms. The van der Waals surface area contributed by atoms with Crippen LogP contribution in [0.3, 0.4) is 0 Å². The van der Waals surface area contributed by atoms with Gasteiger partial charge in [-0.3, -0.25) is 0 Å². The normalized spacial score (nSPS) is 9.18. The summed E-state index contributed by atoms with van der Waals surface area (Å²) in [6.45, 7) is 1.95. The van der Waals surface area contributed by atoms with E-state index >= 15 is 0 Å². The Labute approximate surface area is 70.4 Å². The molecule has 0 saturated heterocycles. The molecule has 0 atom stereocenters. The maximum atomic E-state index is 8.60. The fourth-order valence-corrected chi connectivity index (χ4v) is 1.18. The van der Waals surface area contributed by atoms with Crippen LogP contribution in [0.25, 0.3) is 0 Å². The van der Waals surface area contributed by atoms with Crippen LogP contribution >= 0.6 is 11.6 Å². The first-order valence-electron chi connectivity index (χ1n) is 3.33. The van der Waals surface area contributed by atoms with Crippen molar-refractivity contribution < 1.29 is 0 Å². The first-order chi connectivity index (χ1) is 5.29. The average molecular weight is 167 g/mol. The summed E-state index contributed by atoms with van der Waals surface area (Å²) in [5, 5.41) is 9.23. The van der Waals surface area contributed by atoms with E-state index in [0.29, 0.717) is 10.7 Å². The lowest BCUT2D eigenvalue weighted by molar-refractivity contribution is 1.08. The van der Waals surface area contributed by atoms with Crippen LogP contribution in [-0.4, -0.2) is 4.98 Å². The fourth-order valence-electron chi connectivity index (χ4n) is 0.902. The van der Waals surface area contributed by atoms with Crippen molar-refractivity contribution in [3.8, 4) is 6.07 Å². The Morgan fingerprint density at radius 3 is 2.91 bits per heavy atom. The average Bonchev–Trinajstić information content (AvgIpc) is 2.04. The molecule has 0 aliphatic carbocycles. The minimum atomic E-state index is 0.431. The van der Waals surface area contributed by atoms with Gasteiger partial charge in [0.2, 0.25) is 0 Å². The zero-order valence-corrected chi connectivity index (χ0v) is 6.89. The summed E-state index contributed by atoms with van der Waals surface area (Å²) in [7, 11) is 0. The van der Waals surface area contributed by atoms with E-state index in [-0.39, 0.29) is 0 Å². The molecular weight excluding hydrogens is 160 g/mol. The number of rotatable bonds is 1. The second-order valence-corrected chi connectivity index (χ2v) is 2.49. The first-order valence-corrected chi connectivity index (χ1v) is 3.71. The van der Waals surface area contributed by atoms with Crippen molar-refractivity contribution in [2.45, 2.75) is 13.3 Å². The van der Waals surface area contributed by atoms with Crippen LogP contribution in [0.1, 0.15) is 18.2 Å². The summed E-state index contributed by atoms with van der Waals surface area (Å²) in [5.41, 5.74) is 1.26. The summed E-state index contributed by atoms with van der Waals surface area (Å²) >= 11 is 5.82. The highest BCUT2D eigenvalue weighted by Crippen LogP contribution is 2.17. The van der Waals surface area contributed by atoms with E-state index in [1.807, 2.05) is 13.0 Å². The Balaban J connectivity index is 3.27. The molecule has 3 heteroatoms. The van der Waals surface area contributed by atoms with E-state index in [2.05, 4.69) is 4.98 Å². The van der Waals surface area contributed by atoms with Crippen LogP contribution in [0.2, 0.25) is 5.02 Å². The first kappa shape index (κ1) is 8.03. The van der Waals surface area contributed by atoms with Crippen LogP contribution in [0.15, 0.2) is 12.3 Å². The molecule has 0 aliphatic rings. The van der Waals surface area contributed by atoms with Gasteiger partial charge in [0.05, 0.1) is 0 Å². The molecule has 1 aromatic heterocycles. The molecule has 2 nitrogen and oxygen atoms in total. The van der Waals surface area contributed by atoms with E-state index in [9.17, 15) is 0 Å². The molecule has 1 heterocycles. The van der Waals surface area contributed by atoms with Gasteiger partial charge < -0.3 is 0 Å². The van der Waals surface area contributed by atoms with E-state index in [1.54, 1.807) is 12.3 Å². The fraction of sp³-hybridized carbons (Fsp3) is 0.250. The van der Waals surface area contributed by atoms with Crippen molar-refractivity contribution in [1.82, 2.24) is 4.98 Å². The van der Waals surface area contributed by atoms with Crippen LogP contribution in [0.5, 0.6) is 0 Å². The van der Waals surface area contributed by atoms with Crippen molar-refractivity contribution in [3.63, 3.8) is 0 Å². The van der Waals surface area contributed by atoms with Gasteiger partial charge in [-0.2, -0.15) is 5.26 Å². The van der Waals surface area contributed by atoms with Crippen LogP contribution in [0, 0.1) is 11.3 Å². The standard InChI is InChI=1S/C8H7ClN2/c1-2-6-7(9)3-4-11-8(6)5-10/h3-4H,2H2,1H3. The van der Waals surface area contributed by atoms with Crippen molar-refractivity contribution in [3.05, 3.63) is 28.5 Å². The smallest absolute Gasteiger partial charge is 0.145 e. The Morgan fingerprint density at radius 2 is 2.45 bits per heavy atom. The van der Waals surface area contributed by atoms with Gasteiger partial charge in [0.15, 0.2) is 0 Å². The molecule has 11 heavy (non-hydrogen) atoms. The van der Waals surface area contributed by atoms with Gasteiger partial charge in [-0.15, -0.1) is 0 Å².